The van der Waals surface area contributed by atoms with Gasteiger partial charge in [-0.3, -0.25) is 5.10 Å². The first kappa shape index (κ1) is 10.7. The largest absolute Gasteiger partial charge is 0.507 e. The van der Waals surface area contributed by atoms with E-state index in [9.17, 15) is 9.90 Å². The molecule has 0 aliphatic heterocycles. The van der Waals surface area contributed by atoms with Crippen LogP contribution >= 0.6 is 15.9 Å². The van der Waals surface area contributed by atoms with Gasteiger partial charge in [0.1, 0.15) is 11.4 Å². The van der Waals surface area contributed by atoms with E-state index in [2.05, 4.69) is 26.1 Å². The molecule has 0 spiro atoms. The fourth-order valence-corrected chi connectivity index (χ4v) is 1.75. The minimum Gasteiger partial charge on any atom is -0.507 e. The maximum Gasteiger partial charge on any atom is 0.353 e. The lowest BCUT2D eigenvalue weighted by atomic mass is 10.1. The standard InChI is InChI=1S/C10H7BrN2O3/c11-9-5(2-1-3-8(9)14)6-4-7(10(15)16)13-12-6/h1-4,14H,(H,12,13)(H,15,16). The fraction of sp³-hybridized carbons (Fsp3) is 0. The Labute approximate surface area is 98.9 Å². The molecule has 2 aromatic rings. The summed E-state index contributed by atoms with van der Waals surface area (Å²) >= 11 is 3.21. The Morgan fingerprint density at radius 2 is 2.19 bits per heavy atom. The summed E-state index contributed by atoms with van der Waals surface area (Å²) in [5, 5.41) is 24.5. The molecule has 0 aliphatic carbocycles. The molecule has 1 aromatic carbocycles. The highest BCUT2D eigenvalue weighted by molar-refractivity contribution is 9.10. The molecule has 2 rings (SSSR count). The van der Waals surface area contributed by atoms with Crippen molar-refractivity contribution < 1.29 is 15.0 Å². The van der Waals surface area contributed by atoms with E-state index in [-0.39, 0.29) is 11.4 Å². The maximum absolute atomic E-state index is 10.7. The normalized spacial score (nSPS) is 10.3. The number of nitrogens with one attached hydrogen (secondary N) is 1. The molecule has 0 bridgehead atoms. The number of H-pyrrole nitrogens is 1. The lowest BCUT2D eigenvalue weighted by Crippen LogP contribution is -1.95. The minimum absolute atomic E-state index is 0.00485. The number of phenolic OH excluding ortho intramolecular Hbond substituents is 1. The average Bonchev–Trinajstić information content (AvgIpc) is 2.71. The van der Waals surface area contributed by atoms with E-state index in [0.29, 0.717) is 15.7 Å². The predicted octanol–water partition coefficient (Wildman–Crippen LogP) is 2.24. The Morgan fingerprint density at radius 3 is 2.81 bits per heavy atom. The summed E-state index contributed by atoms with van der Waals surface area (Å²) in [4.78, 5) is 10.7. The minimum atomic E-state index is -1.07. The van der Waals surface area contributed by atoms with E-state index >= 15 is 0 Å². The molecule has 6 heteroatoms. The number of rotatable bonds is 2. The number of aromatic amines is 1. The molecule has 0 saturated heterocycles. The zero-order chi connectivity index (χ0) is 11.7. The van der Waals surface area contributed by atoms with Gasteiger partial charge in [0.15, 0.2) is 0 Å². The SMILES string of the molecule is O=C(O)c1cc(-c2cccc(O)c2Br)n[nH]1. The molecule has 0 unspecified atom stereocenters. The predicted molar refractivity (Wildman–Crippen MR) is 60.3 cm³/mol. The van der Waals surface area contributed by atoms with E-state index < -0.39 is 5.97 Å². The van der Waals surface area contributed by atoms with Gasteiger partial charge in [0.05, 0.1) is 10.2 Å². The van der Waals surface area contributed by atoms with Crippen LogP contribution in [0.5, 0.6) is 5.75 Å². The van der Waals surface area contributed by atoms with Crippen LogP contribution < -0.4 is 0 Å². The first-order chi connectivity index (χ1) is 7.59. The molecular weight excluding hydrogens is 276 g/mol. The van der Waals surface area contributed by atoms with Gasteiger partial charge in [0, 0.05) is 5.56 Å². The van der Waals surface area contributed by atoms with Gasteiger partial charge in [0.2, 0.25) is 0 Å². The van der Waals surface area contributed by atoms with Crippen molar-refractivity contribution in [3.63, 3.8) is 0 Å². The quantitative estimate of drug-likeness (QED) is 0.789. The average molecular weight is 283 g/mol. The van der Waals surface area contributed by atoms with E-state index in [1.807, 2.05) is 0 Å². The Balaban J connectivity index is 2.50. The number of halogens is 1. The second kappa shape index (κ2) is 3.97. The van der Waals surface area contributed by atoms with Crippen LogP contribution in [-0.2, 0) is 0 Å². The second-order valence-electron chi connectivity index (χ2n) is 3.11. The topological polar surface area (TPSA) is 86.2 Å². The van der Waals surface area contributed by atoms with Crippen molar-refractivity contribution in [1.29, 1.82) is 0 Å². The van der Waals surface area contributed by atoms with Crippen LogP contribution in [0.3, 0.4) is 0 Å². The molecule has 16 heavy (non-hydrogen) atoms. The summed E-state index contributed by atoms with van der Waals surface area (Å²) in [5.41, 5.74) is 1.09. The number of aromatic carboxylic acids is 1. The molecule has 1 heterocycles. The first-order valence-corrected chi connectivity index (χ1v) is 5.15. The number of nitrogens with zero attached hydrogens (tertiary/aromatic N) is 1. The van der Waals surface area contributed by atoms with Gasteiger partial charge >= 0.3 is 5.97 Å². The van der Waals surface area contributed by atoms with Crippen LogP contribution in [0.4, 0.5) is 0 Å². The number of carbonyl (C=O) groups is 1. The number of phenols is 1. The smallest absolute Gasteiger partial charge is 0.353 e. The Kier molecular flexibility index (Phi) is 2.66. The van der Waals surface area contributed by atoms with Crippen LogP contribution in [0.2, 0.25) is 0 Å². The highest BCUT2D eigenvalue weighted by atomic mass is 79.9. The van der Waals surface area contributed by atoms with E-state index in [0.717, 1.165) is 0 Å². The zero-order valence-electron chi connectivity index (χ0n) is 7.94. The van der Waals surface area contributed by atoms with Crippen molar-refractivity contribution in [3.8, 4) is 17.0 Å². The Hall–Kier alpha value is -1.82. The monoisotopic (exact) mass is 282 g/mol. The molecule has 82 valence electrons. The van der Waals surface area contributed by atoms with Gasteiger partial charge in [0.25, 0.3) is 0 Å². The van der Waals surface area contributed by atoms with Gasteiger partial charge in [-0.15, -0.1) is 0 Å². The van der Waals surface area contributed by atoms with Gasteiger partial charge < -0.3 is 10.2 Å². The van der Waals surface area contributed by atoms with Crippen molar-refractivity contribution in [2.24, 2.45) is 0 Å². The molecule has 0 amide bonds. The molecule has 0 fully saturated rings. The van der Waals surface area contributed by atoms with Crippen LogP contribution in [0, 0.1) is 0 Å². The number of benzene rings is 1. The molecule has 5 nitrogen and oxygen atoms in total. The molecule has 0 saturated carbocycles. The molecule has 0 aliphatic rings. The summed E-state index contributed by atoms with van der Waals surface area (Å²) < 4.78 is 0.485. The molecular formula is C10H7BrN2O3. The molecule has 0 radical (unpaired) electrons. The van der Waals surface area contributed by atoms with Gasteiger partial charge in [-0.25, -0.2) is 4.79 Å². The highest BCUT2D eigenvalue weighted by Gasteiger charge is 2.12. The zero-order valence-corrected chi connectivity index (χ0v) is 9.52. The summed E-state index contributed by atoms with van der Waals surface area (Å²) in [6, 6.07) is 6.32. The number of hydrogen-bond donors (Lipinski definition) is 3. The van der Waals surface area contributed by atoms with Crippen LogP contribution in [-0.4, -0.2) is 26.4 Å². The van der Waals surface area contributed by atoms with Gasteiger partial charge in [-0.05, 0) is 28.1 Å². The van der Waals surface area contributed by atoms with Crippen molar-refractivity contribution >= 4 is 21.9 Å². The molecule has 0 atom stereocenters. The summed E-state index contributed by atoms with van der Waals surface area (Å²) in [5.74, 6) is -0.993. The first-order valence-electron chi connectivity index (χ1n) is 4.36. The summed E-state index contributed by atoms with van der Waals surface area (Å²) in [7, 11) is 0. The van der Waals surface area contributed by atoms with Gasteiger partial charge in [-0.1, -0.05) is 12.1 Å². The summed E-state index contributed by atoms with van der Waals surface area (Å²) in [6.07, 6.45) is 0. The Bertz CT molecular complexity index is 551. The van der Waals surface area contributed by atoms with Crippen LogP contribution in [0.25, 0.3) is 11.3 Å². The van der Waals surface area contributed by atoms with E-state index in [4.69, 9.17) is 5.11 Å². The number of carboxylic acid groups (broad SMARTS) is 1. The van der Waals surface area contributed by atoms with Gasteiger partial charge in [-0.2, -0.15) is 5.10 Å². The van der Waals surface area contributed by atoms with Crippen LogP contribution in [0.1, 0.15) is 10.5 Å². The summed E-state index contributed by atoms with van der Waals surface area (Å²) in [6.45, 7) is 0. The van der Waals surface area contributed by atoms with Crippen LogP contribution in [0.15, 0.2) is 28.7 Å². The number of aromatic nitrogens is 2. The molecule has 3 N–H and O–H groups in total. The van der Waals surface area contributed by atoms with Crippen molar-refractivity contribution in [3.05, 3.63) is 34.4 Å². The van der Waals surface area contributed by atoms with Crippen molar-refractivity contribution in [1.82, 2.24) is 10.2 Å². The lowest BCUT2D eigenvalue weighted by Gasteiger charge is -2.01. The Morgan fingerprint density at radius 1 is 1.44 bits per heavy atom. The number of carboxylic acids is 1. The third-order valence-corrected chi connectivity index (χ3v) is 2.90. The lowest BCUT2D eigenvalue weighted by molar-refractivity contribution is 0.0690. The third kappa shape index (κ3) is 1.79. The second-order valence-corrected chi connectivity index (χ2v) is 3.90. The highest BCUT2D eigenvalue weighted by Crippen LogP contribution is 2.33. The number of hydrogen-bond acceptors (Lipinski definition) is 3. The van der Waals surface area contributed by atoms with E-state index in [1.54, 1.807) is 12.1 Å². The van der Waals surface area contributed by atoms with Crippen molar-refractivity contribution in [2.45, 2.75) is 0 Å². The molecule has 1 aromatic heterocycles. The fourth-order valence-electron chi connectivity index (χ4n) is 1.29. The maximum atomic E-state index is 10.7. The third-order valence-electron chi connectivity index (χ3n) is 2.06. The van der Waals surface area contributed by atoms with Crippen molar-refractivity contribution in [2.75, 3.05) is 0 Å². The van der Waals surface area contributed by atoms with E-state index in [1.165, 1.54) is 12.1 Å². The number of aromatic hydroxyl groups is 1.